The quantitative estimate of drug-likeness (QED) is 0.271. The van der Waals surface area contributed by atoms with Gasteiger partial charge in [-0.1, -0.05) is 69.3 Å². The summed E-state index contributed by atoms with van der Waals surface area (Å²) in [6, 6.07) is 6.60. The lowest BCUT2D eigenvalue weighted by molar-refractivity contribution is -0.128. The summed E-state index contributed by atoms with van der Waals surface area (Å²) in [5.41, 5.74) is 1.98. The standard InChI is InChI=1S/C28H35Cl2N5O3/c1-28(2,3)26(38)32-15-17-10-11-19(29)24(23(17)30)34-27-33-20-12-18(22(36)13-21(20)35(27)4)25(37)31-14-16-8-6-5-7-9-16/h10-13,16,36H,5-9,14-15H2,1-4H3,(H,31,37)(H,32,38)(H,33,34). The molecule has 0 bridgehead atoms. The molecular formula is C28H35Cl2N5O3. The fraction of sp³-hybridized carbons (Fsp3) is 0.464. The van der Waals surface area contributed by atoms with E-state index in [0.29, 0.717) is 50.7 Å². The zero-order chi connectivity index (χ0) is 27.6. The SMILES string of the molecule is Cn1c(Nc2c(Cl)ccc(CNC(=O)C(C)(C)C)c2Cl)nc2cc(C(=O)NCC3CCCCC3)c(O)cc21. The van der Waals surface area contributed by atoms with Crippen LogP contribution in [-0.2, 0) is 18.4 Å². The number of amides is 2. The first kappa shape index (κ1) is 28.0. The van der Waals surface area contributed by atoms with E-state index < -0.39 is 5.41 Å². The van der Waals surface area contributed by atoms with Crippen molar-refractivity contribution < 1.29 is 14.7 Å². The Morgan fingerprint density at radius 3 is 2.50 bits per heavy atom. The van der Waals surface area contributed by atoms with Crippen molar-refractivity contribution in [2.75, 3.05) is 11.9 Å². The molecule has 1 aliphatic carbocycles. The Hall–Kier alpha value is -2.97. The maximum absolute atomic E-state index is 12.8. The number of imidazole rings is 1. The third-order valence-electron chi connectivity index (χ3n) is 7.05. The number of anilines is 2. The fourth-order valence-electron chi connectivity index (χ4n) is 4.64. The number of carbonyl (C=O) groups excluding carboxylic acids is 2. The van der Waals surface area contributed by atoms with Crippen LogP contribution in [0.3, 0.4) is 0 Å². The number of phenolic OH excluding ortho intramolecular Hbond substituents is 1. The second-order valence-corrected chi connectivity index (χ2v) is 11.8. The molecular weight excluding hydrogens is 525 g/mol. The number of aromatic nitrogens is 2. The maximum atomic E-state index is 12.8. The van der Waals surface area contributed by atoms with Crippen LogP contribution in [0.2, 0.25) is 10.0 Å². The Balaban J connectivity index is 1.55. The Morgan fingerprint density at radius 2 is 1.82 bits per heavy atom. The Bertz CT molecular complexity index is 1360. The smallest absolute Gasteiger partial charge is 0.255 e. The first-order chi connectivity index (χ1) is 18.0. The molecule has 0 unspecified atom stereocenters. The normalized spacial score (nSPS) is 14.5. The molecule has 204 valence electrons. The number of halogens is 2. The number of hydrogen-bond acceptors (Lipinski definition) is 5. The van der Waals surface area contributed by atoms with Gasteiger partial charge in [0, 0.05) is 31.6 Å². The van der Waals surface area contributed by atoms with Crippen molar-refractivity contribution in [3.8, 4) is 5.75 Å². The van der Waals surface area contributed by atoms with Crippen LogP contribution in [0.4, 0.5) is 11.6 Å². The van der Waals surface area contributed by atoms with E-state index in [1.54, 1.807) is 29.8 Å². The lowest BCUT2D eigenvalue weighted by Gasteiger charge is -2.21. The molecule has 0 saturated heterocycles. The van der Waals surface area contributed by atoms with Crippen LogP contribution in [0.25, 0.3) is 11.0 Å². The Labute approximate surface area is 233 Å². The summed E-state index contributed by atoms with van der Waals surface area (Å²) in [5.74, 6) is 0.397. The molecule has 3 aromatic rings. The highest BCUT2D eigenvalue weighted by Crippen LogP contribution is 2.36. The summed E-state index contributed by atoms with van der Waals surface area (Å²) in [5, 5.41) is 20.4. The Kier molecular flexibility index (Phi) is 8.43. The minimum absolute atomic E-state index is 0.0910. The summed E-state index contributed by atoms with van der Waals surface area (Å²) in [6.45, 7) is 6.38. The summed E-state index contributed by atoms with van der Waals surface area (Å²) in [4.78, 5) is 29.8. The fourth-order valence-corrected chi connectivity index (χ4v) is 5.18. The Morgan fingerprint density at radius 1 is 1.11 bits per heavy atom. The number of rotatable bonds is 7. The molecule has 38 heavy (non-hydrogen) atoms. The van der Waals surface area contributed by atoms with Crippen LogP contribution < -0.4 is 16.0 Å². The van der Waals surface area contributed by atoms with Crippen molar-refractivity contribution >= 4 is 57.7 Å². The number of hydrogen-bond donors (Lipinski definition) is 4. The molecule has 2 amide bonds. The lowest BCUT2D eigenvalue weighted by Crippen LogP contribution is -2.34. The van der Waals surface area contributed by atoms with Gasteiger partial charge >= 0.3 is 0 Å². The third kappa shape index (κ3) is 6.18. The summed E-state index contributed by atoms with van der Waals surface area (Å²) in [6.07, 6.45) is 5.89. The number of carbonyl (C=O) groups is 2. The topological polar surface area (TPSA) is 108 Å². The number of nitrogens with one attached hydrogen (secondary N) is 3. The predicted molar refractivity (Wildman–Crippen MR) is 152 cm³/mol. The van der Waals surface area contributed by atoms with Crippen LogP contribution in [0.1, 0.15) is 68.8 Å². The largest absolute Gasteiger partial charge is 0.507 e. The number of nitrogens with zero attached hydrogens (tertiary/aromatic N) is 2. The lowest BCUT2D eigenvalue weighted by atomic mass is 9.89. The summed E-state index contributed by atoms with van der Waals surface area (Å²) in [7, 11) is 1.79. The predicted octanol–water partition coefficient (Wildman–Crippen LogP) is 6.30. The van der Waals surface area contributed by atoms with Gasteiger partial charge in [0.15, 0.2) is 0 Å². The number of benzene rings is 2. The molecule has 1 aromatic heterocycles. The second kappa shape index (κ2) is 11.4. The number of aromatic hydroxyl groups is 1. The van der Waals surface area contributed by atoms with E-state index in [9.17, 15) is 14.7 Å². The highest BCUT2D eigenvalue weighted by Gasteiger charge is 2.23. The van der Waals surface area contributed by atoms with Gasteiger partial charge in [0.1, 0.15) is 5.75 Å². The van der Waals surface area contributed by atoms with E-state index in [2.05, 4.69) is 20.9 Å². The van der Waals surface area contributed by atoms with Gasteiger partial charge in [-0.05, 0) is 36.5 Å². The van der Waals surface area contributed by atoms with Crippen LogP contribution in [0.5, 0.6) is 5.75 Å². The highest BCUT2D eigenvalue weighted by atomic mass is 35.5. The van der Waals surface area contributed by atoms with Gasteiger partial charge in [-0.25, -0.2) is 4.98 Å². The van der Waals surface area contributed by atoms with Gasteiger partial charge in [0.25, 0.3) is 5.91 Å². The number of aryl methyl sites for hydroxylation is 1. The van der Waals surface area contributed by atoms with Gasteiger partial charge < -0.3 is 25.6 Å². The average Bonchev–Trinajstić information content (AvgIpc) is 3.18. The van der Waals surface area contributed by atoms with Crippen LogP contribution >= 0.6 is 23.2 Å². The third-order valence-corrected chi connectivity index (χ3v) is 7.79. The molecule has 1 saturated carbocycles. The van der Waals surface area contributed by atoms with Crippen molar-refractivity contribution in [1.29, 1.82) is 0 Å². The van der Waals surface area contributed by atoms with E-state index in [4.69, 9.17) is 23.2 Å². The van der Waals surface area contributed by atoms with Crippen LogP contribution in [0.15, 0.2) is 24.3 Å². The van der Waals surface area contributed by atoms with Crippen molar-refractivity contribution in [3.63, 3.8) is 0 Å². The maximum Gasteiger partial charge on any atom is 0.255 e. The molecule has 0 radical (unpaired) electrons. The van der Waals surface area contributed by atoms with E-state index in [1.165, 1.54) is 25.3 Å². The molecule has 0 aliphatic heterocycles. The van der Waals surface area contributed by atoms with Gasteiger partial charge in [-0.2, -0.15) is 0 Å². The molecule has 1 heterocycles. The first-order valence-corrected chi connectivity index (χ1v) is 13.7. The van der Waals surface area contributed by atoms with Gasteiger partial charge in [-0.15, -0.1) is 0 Å². The minimum Gasteiger partial charge on any atom is -0.507 e. The highest BCUT2D eigenvalue weighted by molar-refractivity contribution is 6.39. The molecule has 1 fully saturated rings. The first-order valence-electron chi connectivity index (χ1n) is 13.0. The van der Waals surface area contributed by atoms with Crippen LogP contribution in [0, 0.1) is 11.3 Å². The number of phenols is 1. The zero-order valence-corrected chi connectivity index (χ0v) is 23.8. The monoisotopic (exact) mass is 559 g/mol. The molecule has 10 heteroatoms. The minimum atomic E-state index is -0.524. The van der Waals surface area contributed by atoms with Gasteiger partial charge in [0.2, 0.25) is 11.9 Å². The van der Waals surface area contributed by atoms with E-state index in [1.807, 2.05) is 20.8 Å². The average molecular weight is 561 g/mol. The molecule has 4 rings (SSSR count). The molecule has 1 aliphatic rings. The van der Waals surface area contributed by atoms with Crippen molar-refractivity contribution in [2.24, 2.45) is 18.4 Å². The van der Waals surface area contributed by atoms with E-state index >= 15 is 0 Å². The van der Waals surface area contributed by atoms with Crippen molar-refractivity contribution in [1.82, 2.24) is 20.2 Å². The van der Waals surface area contributed by atoms with Gasteiger partial charge in [-0.3, -0.25) is 9.59 Å². The van der Waals surface area contributed by atoms with E-state index in [-0.39, 0.29) is 29.7 Å². The van der Waals surface area contributed by atoms with Crippen LogP contribution in [-0.4, -0.2) is 33.0 Å². The van der Waals surface area contributed by atoms with Crippen molar-refractivity contribution in [3.05, 3.63) is 45.4 Å². The molecule has 8 nitrogen and oxygen atoms in total. The number of fused-ring (bicyclic) bond motifs is 1. The molecule has 4 N–H and O–H groups in total. The summed E-state index contributed by atoms with van der Waals surface area (Å²) < 4.78 is 1.75. The molecule has 0 spiro atoms. The zero-order valence-electron chi connectivity index (χ0n) is 22.3. The van der Waals surface area contributed by atoms with E-state index in [0.717, 1.165) is 12.8 Å². The van der Waals surface area contributed by atoms with Crippen molar-refractivity contribution in [2.45, 2.75) is 59.4 Å². The molecule has 0 atom stereocenters. The second-order valence-electron chi connectivity index (χ2n) is 11.0. The molecule has 2 aromatic carbocycles. The summed E-state index contributed by atoms with van der Waals surface area (Å²) >= 11 is 13.1. The van der Waals surface area contributed by atoms with Gasteiger partial charge in [0.05, 0.1) is 32.3 Å².